The SMILES string of the molecule is CO/C=C(/C(C)=O)c1ccccc1O. The molecule has 0 spiro atoms. The number of ketones is 1. The Morgan fingerprint density at radius 1 is 1.43 bits per heavy atom. The maximum atomic E-state index is 11.2. The zero-order valence-corrected chi connectivity index (χ0v) is 8.15. The van der Waals surface area contributed by atoms with Gasteiger partial charge in [0.1, 0.15) is 5.75 Å². The van der Waals surface area contributed by atoms with E-state index < -0.39 is 0 Å². The van der Waals surface area contributed by atoms with Crippen LogP contribution in [0.2, 0.25) is 0 Å². The van der Waals surface area contributed by atoms with Crippen molar-refractivity contribution < 1.29 is 14.6 Å². The summed E-state index contributed by atoms with van der Waals surface area (Å²) >= 11 is 0. The predicted molar refractivity (Wildman–Crippen MR) is 53.8 cm³/mol. The maximum absolute atomic E-state index is 11.2. The number of carbonyl (C=O) groups is 1. The highest BCUT2D eigenvalue weighted by molar-refractivity contribution is 6.19. The Morgan fingerprint density at radius 3 is 2.57 bits per heavy atom. The molecule has 0 aliphatic heterocycles. The first-order chi connectivity index (χ1) is 6.66. The predicted octanol–water partition coefficient (Wildman–Crippen LogP) is 1.97. The molecule has 0 saturated carbocycles. The third-order valence-corrected chi connectivity index (χ3v) is 1.81. The number of para-hydroxylation sites is 1. The van der Waals surface area contributed by atoms with Gasteiger partial charge in [0.25, 0.3) is 0 Å². The van der Waals surface area contributed by atoms with Crippen molar-refractivity contribution >= 4 is 11.4 Å². The Kier molecular flexibility index (Phi) is 3.29. The molecule has 14 heavy (non-hydrogen) atoms. The molecule has 3 heteroatoms. The van der Waals surface area contributed by atoms with E-state index in [-0.39, 0.29) is 11.5 Å². The van der Waals surface area contributed by atoms with Gasteiger partial charge in [-0.1, -0.05) is 18.2 Å². The standard InChI is InChI=1S/C11H12O3/c1-8(12)10(7-14-2)9-5-3-4-6-11(9)13/h3-7,13H,1-2H3/b10-7-. The van der Waals surface area contributed by atoms with Gasteiger partial charge in [0.2, 0.25) is 0 Å². The third kappa shape index (κ3) is 2.13. The van der Waals surface area contributed by atoms with Crippen LogP contribution in [0.15, 0.2) is 30.5 Å². The van der Waals surface area contributed by atoms with Gasteiger partial charge in [-0.2, -0.15) is 0 Å². The maximum Gasteiger partial charge on any atom is 0.163 e. The number of methoxy groups -OCH3 is 1. The lowest BCUT2D eigenvalue weighted by Crippen LogP contribution is -1.96. The minimum Gasteiger partial charge on any atom is -0.507 e. The van der Waals surface area contributed by atoms with Crippen LogP contribution in [0.1, 0.15) is 12.5 Å². The molecule has 0 saturated heterocycles. The Hall–Kier alpha value is -1.77. The lowest BCUT2D eigenvalue weighted by atomic mass is 10.0. The molecule has 3 nitrogen and oxygen atoms in total. The molecule has 74 valence electrons. The minimum atomic E-state index is -0.145. The first-order valence-electron chi connectivity index (χ1n) is 4.19. The lowest BCUT2D eigenvalue weighted by Gasteiger charge is -2.05. The summed E-state index contributed by atoms with van der Waals surface area (Å²) in [5.74, 6) is -0.0700. The van der Waals surface area contributed by atoms with Gasteiger partial charge in [0.15, 0.2) is 5.78 Å². The first kappa shape index (κ1) is 10.3. The van der Waals surface area contributed by atoms with Crippen molar-refractivity contribution in [2.45, 2.75) is 6.92 Å². The number of hydrogen-bond donors (Lipinski definition) is 1. The van der Waals surface area contributed by atoms with Crippen LogP contribution < -0.4 is 0 Å². The summed E-state index contributed by atoms with van der Waals surface area (Å²) in [6.07, 6.45) is 1.33. The number of ether oxygens (including phenoxy) is 1. The van der Waals surface area contributed by atoms with Crippen molar-refractivity contribution in [2.75, 3.05) is 7.11 Å². The monoisotopic (exact) mass is 192 g/mol. The zero-order chi connectivity index (χ0) is 10.6. The highest BCUT2D eigenvalue weighted by Gasteiger charge is 2.10. The second-order valence-electron chi connectivity index (χ2n) is 2.84. The van der Waals surface area contributed by atoms with E-state index in [9.17, 15) is 9.90 Å². The second-order valence-corrected chi connectivity index (χ2v) is 2.84. The molecule has 0 fully saturated rings. The molecule has 0 radical (unpaired) electrons. The molecule has 1 aromatic rings. The number of rotatable bonds is 3. The normalized spacial score (nSPS) is 11.1. The summed E-state index contributed by atoms with van der Waals surface area (Å²) in [5, 5.41) is 9.51. The van der Waals surface area contributed by atoms with E-state index in [1.165, 1.54) is 26.4 Å². The summed E-state index contributed by atoms with van der Waals surface area (Å²) < 4.78 is 4.78. The van der Waals surface area contributed by atoms with Crippen LogP contribution in [0, 0.1) is 0 Å². The summed E-state index contributed by atoms with van der Waals surface area (Å²) in [4.78, 5) is 11.2. The number of Topliss-reactive ketones (excluding diaryl/α,β-unsaturated/α-hetero) is 1. The van der Waals surface area contributed by atoms with Crippen molar-refractivity contribution in [3.05, 3.63) is 36.1 Å². The lowest BCUT2D eigenvalue weighted by molar-refractivity contribution is -0.111. The average molecular weight is 192 g/mol. The molecule has 0 bridgehead atoms. The quantitative estimate of drug-likeness (QED) is 0.588. The molecular formula is C11H12O3. The largest absolute Gasteiger partial charge is 0.507 e. The second kappa shape index (κ2) is 4.46. The highest BCUT2D eigenvalue weighted by Crippen LogP contribution is 2.24. The van der Waals surface area contributed by atoms with E-state index in [1.807, 2.05) is 0 Å². The summed E-state index contributed by atoms with van der Waals surface area (Å²) in [5.41, 5.74) is 0.854. The average Bonchev–Trinajstić information content (AvgIpc) is 2.15. The number of benzene rings is 1. The number of hydrogen-bond acceptors (Lipinski definition) is 3. The van der Waals surface area contributed by atoms with Gasteiger partial charge in [-0.15, -0.1) is 0 Å². The van der Waals surface area contributed by atoms with Crippen molar-refractivity contribution in [2.24, 2.45) is 0 Å². The van der Waals surface area contributed by atoms with E-state index in [0.29, 0.717) is 11.1 Å². The molecule has 1 aromatic carbocycles. The smallest absolute Gasteiger partial charge is 0.163 e. The minimum absolute atomic E-state index is 0.0750. The summed E-state index contributed by atoms with van der Waals surface area (Å²) in [6.45, 7) is 1.43. The van der Waals surface area contributed by atoms with E-state index in [0.717, 1.165) is 0 Å². The van der Waals surface area contributed by atoms with Gasteiger partial charge < -0.3 is 9.84 Å². The Morgan fingerprint density at radius 2 is 2.07 bits per heavy atom. The first-order valence-corrected chi connectivity index (χ1v) is 4.19. The van der Waals surface area contributed by atoms with Crippen LogP contribution in [0.25, 0.3) is 5.57 Å². The molecule has 0 amide bonds. The highest BCUT2D eigenvalue weighted by atomic mass is 16.5. The number of allylic oxidation sites excluding steroid dienone is 1. The zero-order valence-electron chi connectivity index (χ0n) is 8.15. The van der Waals surface area contributed by atoms with Crippen LogP contribution in [0.4, 0.5) is 0 Å². The van der Waals surface area contributed by atoms with Gasteiger partial charge in [-0.05, 0) is 13.0 Å². The topological polar surface area (TPSA) is 46.5 Å². The van der Waals surface area contributed by atoms with Crippen LogP contribution >= 0.6 is 0 Å². The van der Waals surface area contributed by atoms with Crippen LogP contribution in [0.5, 0.6) is 5.75 Å². The van der Waals surface area contributed by atoms with Gasteiger partial charge in [-0.25, -0.2) is 0 Å². The third-order valence-electron chi connectivity index (χ3n) is 1.81. The summed E-state index contributed by atoms with van der Waals surface area (Å²) in [6, 6.07) is 6.65. The van der Waals surface area contributed by atoms with Crippen molar-refractivity contribution in [1.82, 2.24) is 0 Å². The fourth-order valence-electron chi connectivity index (χ4n) is 1.16. The number of phenolic OH excluding ortho intramolecular Hbond substituents is 1. The number of phenols is 1. The van der Waals surface area contributed by atoms with Gasteiger partial charge >= 0.3 is 0 Å². The molecule has 0 aliphatic carbocycles. The molecule has 0 aliphatic rings. The van der Waals surface area contributed by atoms with Crippen molar-refractivity contribution in [3.63, 3.8) is 0 Å². The van der Waals surface area contributed by atoms with Crippen molar-refractivity contribution in [3.8, 4) is 5.75 Å². The van der Waals surface area contributed by atoms with Crippen LogP contribution in [-0.4, -0.2) is 18.0 Å². The Bertz CT molecular complexity index is 367. The Labute approximate surface area is 82.6 Å². The van der Waals surface area contributed by atoms with Gasteiger partial charge in [0.05, 0.1) is 18.9 Å². The van der Waals surface area contributed by atoms with Crippen LogP contribution in [-0.2, 0) is 9.53 Å². The molecule has 0 unspecified atom stereocenters. The fourth-order valence-corrected chi connectivity index (χ4v) is 1.16. The van der Waals surface area contributed by atoms with E-state index >= 15 is 0 Å². The Balaban J connectivity index is 3.19. The number of carbonyl (C=O) groups excluding carboxylic acids is 1. The molecule has 0 aromatic heterocycles. The van der Waals surface area contributed by atoms with Gasteiger partial charge in [-0.3, -0.25) is 4.79 Å². The fraction of sp³-hybridized carbons (Fsp3) is 0.182. The molecule has 0 atom stereocenters. The summed E-state index contributed by atoms with van der Waals surface area (Å²) in [7, 11) is 1.46. The number of aromatic hydroxyl groups is 1. The molecule has 1 N–H and O–H groups in total. The van der Waals surface area contributed by atoms with Crippen molar-refractivity contribution in [1.29, 1.82) is 0 Å². The van der Waals surface area contributed by atoms with Gasteiger partial charge in [0, 0.05) is 5.56 Å². The molecule has 0 heterocycles. The van der Waals surface area contributed by atoms with E-state index in [1.54, 1.807) is 18.2 Å². The van der Waals surface area contributed by atoms with E-state index in [4.69, 9.17) is 4.74 Å². The molecule has 1 rings (SSSR count). The molecular weight excluding hydrogens is 180 g/mol. The van der Waals surface area contributed by atoms with E-state index in [2.05, 4.69) is 0 Å². The van der Waals surface area contributed by atoms with Crippen LogP contribution in [0.3, 0.4) is 0 Å².